The lowest BCUT2D eigenvalue weighted by atomic mass is 9.85. The van der Waals surface area contributed by atoms with Crippen LogP contribution in [0.1, 0.15) is 111 Å². The van der Waals surface area contributed by atoms with Gasteiger partial charge >= 0.3 is 0 Å². The summed E-state index contributed by atoms with van der Waals surface area (Å²) in [5, 5.41) is 17.8. The summed E-state index contributed by atoms with van der Waals surface area (Å²) < 4.78 is 14.2. The van der Waals surface area contributed by atoms with Crippen molar-refractivity contribution in [3.8, 4) is 73.3 Å². The van der Waals surface area contributed by atoms with Gasteiger partial charge in [0.2, 0.25) is 11.6 Å². The Kier molecular flexibility index (Phi) is 14.1. The summed E-state index contributed by atoms with van der Waals surface area (Å²) in [4.78, 5) is 11.2. The molecule has 514 valence electrons. The van der Waals surface area contributed by atoms with Crippen LogP contribution in [-0.4, -0.2) is 37.0 Å². The van der Waals surface area contributed by atoms with Crippen LogP contribution in [0.3, 0.4) is 0 Å². The first-order valence-electron chi connectivity index (χ1n) is 37.0. The Morgan fingerprint density at radius 3 is 1.01 bits per heavy atom. The van der Waals surface area contributed by atoms with Crippen LogP contribution in [0.25, 0.3) is 167 Å². The third-order valence-corrected chi connectivity index (χ3v) is 22.3. The second-order valence-electron chi connectivity index (χ2n) is 33.1. The standard InChI is InChI=1S/C97H81N9/c1-94(2,3)65-37-45-79-72(53-65)73-54-66(95(4,5)6)38-46-80(73)103(79)89-57-71(63-33-41-77-85(51-63)105-87-49-61(59-25-17-13-18-26-59)35-43-83(87)101(92(105)99-77)69-29-21-15-22-30-69)91(104-81-47-39-67(96(7,8)9)55-74(81)75-56-68(97(10,11)12)40-48-82(75)104)76(58-98)90(89)64-34-42-78-86(52-64)106-88-50-62(60-27-19-14-20-28-60)36-44-84(88)102(93(106)100-78)70-31-23-16-24-32-70/h13-57H,1-12H3. The van der Waals surface area contributed by atoms with Crippen LogP contribution in [0.15, 0.2) is 273 Å². The number of imidazole rings is 4. The molecule has 0 fully saturated rings. The molecule has 0 spiro atoms. The molecule has 0 aliphatic carbocycles. The van der Waals surface area contributed by atoms with Gasteiger partial charge in [-0.15, -0.1) is 0 Å². The van der Waals surface area contributed by atoms with E-state index in [1.165, 1.54) is 22.3 Å². The molecule has 6 aromatic heterocycles. The van der Waals surface area contributed by atoms with Gasteiger partial charge in [0.1, 0.15) is 6.07 Å². The molecule has 0 N–H and O–H groups in total. The van der Waals surface area contributed by atoms with E-state index >= 15 is 0 Å². The van der Waals surface area contributed by atoms with Gasteiger partial charge in [0.05, 0.1) is 83.1 Å². The zero-order chi connectivity index (χ0) is 72.6. The zero-order valence-corrected chi connectivity index (χ0v) is 62.0. The van der Waals surface area contributed by atoms with E-state index in [1.54, 1.807) is 0 Å². The smallest absolute Gasteiger partial charge is 0.220 e. The Morgan fingerprint density at radius 1 is 0.283 bits per heavy atom. The molecule has 0 bridgehead atoms. The molecule has 0 aliphatic heterocycles. The molecule has 0 aliphatic rings. The Hall–Kier alpha value is -12.5. The fourth-order valence-corrected chi connectivity index (χ4v) is 16.6. The molecule has 106 heavy (non-hydrogen) atoms. The maximum absolute atomic E-state index is 13.3. The Labute approximate surface area is 616 Å². The first-order chi connectivity index (χ1) is 51.0. The van der Waals surface area contributed by atoms with Gasteiger partial charge in [-0.2, -0.15) is 5.26 Å². The molecule has 0 saturated heterocycles. The van der Waals surface area contributed by atoms with E-state index in [2.05, 4.69) is 389 Å². The summed E-state index contributed by atoms with van der Waals surface area (Å²) in [5.41, 5.74) is 28.3. The molecule has 0 saturated carbocycles. The number of nitriles is 1. The molecule has 0 unspecified atom stereocenters. The number of para-hydroxylation sites is 2. The van der Waals surface area contributed by atoms with E-state index in [1.807, 2.05) is 0 Å². The van der Waals surface area contributed by atoms with Crippen LogP contribution in [0.4, 0.5) is 0 Å². The van der Waals surface area contributed by atoms with Crippen LogP contribution in [0, 0.1) is 11.3 Å². The third kappa shape index (κ3) is 10.0. The molecule has 0 amide bonds. The van der Waals surface area contributed by atoms with Crippen molar-refractivity contribution in [2.24, 2.45) is 0 Å². The molecule has 19 rings (SSSR count). The highest BCUT2D eigenvalue weighted by Crippen LogP contribution is 2.50. The molecule has 6 heterocycles. The minimum atomic E-state index is -0.155. The third-order valence-electron chi connectivity index (χ3n) is 22.3. The van der Waals surface area contributed by atoms with E-state index in [9.17, 15) is 5.26 Å². The number of fused-ring (bicyclic) bond motifs is 16. The average Bonchev–Trinajstić information content (AvgIpc) is 1.52. The monoisotopic (exact) mass is 1370 g/mol. The van der Waals surface area contributed by atoms with Crippen molar-refractivity contribution in [2.75, 3.05) is 0 Å². The van der Waals surface area contributed by atoms with Crippen molar-refractivity contribution in [3.63, 3.8) is 0 Å². The number of hydrogen-bond acceptors (Lipinski definition) is 3. The summed E-state index contributed by atoms with van der Waals surface area (Å²) in [5.74, 6) is 1.60. The summed E-state index contributed by atoms with van der Waals surface area (Å²) >= 11 is 0. The van der Waals surface area contributed by atoms with Crippen molar-refractivity contribution in [2.45, 2.75) is 105 Å². The normalized spacial score (nSPS) is 12.7. The quantitative estimate of drug-likeness (QED) is 0.152. The topological polar surface area (TPSA) is 78.1 Å². The molecule has 0 atom stereocenters. The molecular weight excluding hydrogens is 1290 g/mol. The maximum Gasteiger partial charge on any atom is 0.220 e. The van der Waals surface area contributed by atoms with Gasteiger partial charge in [0.15, 0.2) is 0 Å². The highest BCUT2D eigenvalue weighted by molar-refractivity contribution is 6.14. The van der Waals surface area contributed by atoms with Crippen LogP contribution in [-0.2, 0) is 21.7 Å². The fraction of sp³-hybridized carbons (Fsp3) is 0.165. The maximum atomic E-state index is 13.3. The van der Waals surface area contributed by atoms with E-state index in [-0.39, 0.29) is 21.7 Å². The van der Waals surface area contributed by atoms with Crippen LogP contribution in [0.5, 0.6) is 0 Å². The number of nitrogens with zero attached hydrogens (tertiary/aromatic N) is 9. The fourth-order valence-electron chi connectivity index (χ4n) is 16.6. The van der Waals surface area contributed by atoms with Crippen LogP contribution >= 0.6 is 0 Å². The lowest BCUT2D eigenvalue weighted by Gasteiger charge is -2.24. The summed E-state index contributed by atoms with van der Waals surface area (Å²) in [7, 11) is 0. The van der Waals surface area contributed by atoms with Gasteiger partial charge < -0.3 is 9.13 Å². The van der Waals surface area contributed by atoms with Crippen molar-refractivity contribution in [1.29, 1.82) is 5.26 Å². The molecule has 0 radical (unpaired) electrons. The van der Waals surface area contributed by atoms with Crippen molar-refractivity contribution in [1.82, 2.24) is 37.0 Å². The Balaban J connectivity index is 0.998. The molecule has 9 nitrogen and oxygen atoms in total. The van der Waals surface area contributed by atoms with E-state index in [0.717, 1.165) is 167 Å². The van der Waals surface area contributed by atoms with Crippen molar-refractivity contribution < 1.29 is 0 Å². The van der Waals surface area contributed by atoms with Crippen molar-refractivity contribution >= 4 is 99.3 Å². The molecule has 19 aromatic rings. The summed E-state index contributed by atoms with van der Waals surface area (Å²) in [6, 6.07) is 103. The van der Waals surface area contributed by atoms with E-state index in [4.69, 9.17) is 9.97 Å². The Bertz CT molecular complexity index is 6750. The SMILES string of the molecule is CC(C)(C)c1ccc2c(c1)c1cc(C(C)(C)C)ccc1n2-c1cc(-c2ccc3nc4n(-c5ccccc5)c5ccc(-c6ccccc6)cc5n4c3c2)c(-n2c3ccc(C(C)(C)C)cc3c3cc(C(C)(C)C)ccc32)c(C#N)c1-c1ccc2nc3n(-c4ccccc4)c4ccc(-c5ccccc5)cc4n3c2c1. The molecule has 9 heteroatoms. The minimum absolute atomic E-state index is 0.145. The average molecular weight is 1370 g/mol. The minimum Gasteiger partial charge on any atom is -0.309 e. The largest absolute Gasteiger partial charge is 0.309 e. The predicted octanol–water partition coefficient (Wildman–Crippen LogP) is 25.1. The molecule has 13 aromatic carbocycles. The number of hydrogen-bond donors (Lipinski definition) is 0. The van der Waals surface area contributed by atoms with Gasteiger partial charge in [0, 0.05) is 44.0 Å². The number of aromatic nitrogens is 8. The van der Waals surface area contributed by atoms with Gasteiger partial charge in [0.25, 0.3) is 0 Å². The van der Waals surface area contributed by atoms with E-state index in [0.29, 0.717) is 5.56 Å². The van der Waals surface area contributed by atoms with Gasteiger partial charge in [-0.05, 0) is 205 Å². The summed E-state index contributed by atoms with van der Waals surface area (Å²) in [6.45, 7) is 27.6. The predicted molar refractivity (Wildman–Crippen MR) is 443 cm³/mol. The van der Waals surface area contributed by atoms with E-state index < -0.39 is 0 Å². The van der Waals surface area contributed by atoms with Crippen molar-refractivity contribution in [3.05, 3.63) is 301 Å². The van der Waals surface area contributed by atoms with Gasteiger partial charge in [-0.1, -0.05) is 229 Å². The number of rotatable bonds is 8. The number of benzene rings is 13. The first-order valence-corrected chi connectivity index (χ1v) is 37.0. The molecular formula is C97H81N9. The first kappa shape index (κ1) is 64.3. The second-order valence-corrected chi connectivity index (χ2v) is 33.1. The highest BCUT2D eigenvalue weighted by Gasteiger charge is 2.32. The Morgan fingerprint density at radius 2 is 0.623 bits per heavy atom. The lowest BCUT2D eigenvalue weighted by molar-refractivity contribution is 0.590. The zero-order valence-electron chi connectivity index (χ0n) is 62.0. The van der Waals surface area contributed by atoms with Gasteiger partial charge in [-0.25, -0.2) is 9.97 Å². The van der Waals surface area contributed by atoms with Crippen LogP contribution in [0.2, 0.25) is 0 Å². The lowest BCUT2D eigenvalue weighted by Crippen LogP contribution is -2.11. The second kappa shape index (κ2) is 23.2. The summed E-state index contributed by atoms with van der Waals surface area (Å²) in [6.07, 6.45) is 0. The van der Waals surface area contributed by atoms with Crippen LogP contribution < -0.4 is 0 Å². The highest BCUT2D eigenvalue weighted by atomic mass is 15.2. The van der Waals surface area contributed by atoms with Gasteiger partial charge in [-0.3, -0.25) is 17.9 Å².